The van der Waals surface area contributed by atoms with Crippen molar-refractivity contribution in [3.8, 4) is 0 Å². The molecule has 1 atom stereocenters. The van der Waals surface area contributed by atoms with Gasteiger partial charge in [0.2, 0.25) is 5.91 Å². The molecule has 0 aliphatic heterocycles. The van der Waals surface area contributed by atoms with E-state index in [4.69, 9.17) is 0 Å². The molecule has 108 valence electrons. The van der Waals surface area contributed by atoms with Crippen molar-refractivity contribution in [2.24, 2.45) is 0 Å². The maximum atomic E-state index is 12.1. The Bertz CT molecular complexity index is 777. The van der Waals surface area contributed by atoms with Crippen molar-refractivity contribution in [3.63, 3.8) is 0 Å². The molecule has 5 nitrogen and oxygen atoms in total. The van der Waals surface area contributed by atoms with Crippen molar-refractivity contribution >= 4 is 22.9 Å². The number of hydrogen-bond donors (Lipinski definition) is 1. The molecule has 3 aromatic rings. The lowest BCUT2D eigenvalue weighted by molar-refractivity contribution is -0.121. The molecule has 3 heterocycles. The molecule has 1 N–H and O–H groups in total. The van der Waals surface area contributed by atoms with E-state index in [2.05, 4.69) is 15.5 Å². The molecule has 0 fully saturated rings. The van der Waals surface area contributed by atoms with Crippen LogP contribution < -0.4 is 5.32 Å². The third-order valence-electron chi connectivity index (χ3n) is 3.24. The number of aryl methyl sites for hydroxylation is 1. The molecular formula is C15H16N4OS. The molecule has 3 rings (SSSR count). The van der Waals surface area contributed by atoms with Gasteiger partial charge in [-0.05, 0) is 38.1 Å². The van der Waals surface area contributed by atoms with Crippen molar-refractivity contribution in [1.29, 1.82) is 0 Å². The summed E-state index contributed by atoms with van der Waals surface area (Å²) in [5.41, 5.74) is 0.780. The van der Waals surface area contributed by atoms with Crippen LogP contribution in [0.2, 0.25) is 0 Å². The molecule has 1 unspecified atom stereocenters. The Kier molecular flexibility index (Phi) is 3.70. The Hall–Kier alpha value is -2.21. The molecule has 6 heteroatoms. The van der Waals surface area contributed by atoms with E-state index in [0.717, 1.165) is 16.3 Å². The quantitative estimate of drug-likeness (QED) is 0.805. The molecule has 0 aromatic carbocycles. The fourth-order valence-electron chi connectivity index (χ4n) is 2.25. The highest BCUT2D eigenvalue weighted by atomic mass is 32.1. The smallest absolute Gasteiger partial charge is 0.225 e. The van der Waals surface area contributed by atoms with Gasteiger partial charge in [-0.25, -0.2) is 0 Å². The van der Waals surface area contributed by atoms with E-state index in [9.17, 15) is 4.79 Å². The lowest BCUT2D eigenvalue weighted by Crippen LogP contribution is -2.29. The molecule has 0 aliphatic carbocycles. The van der Waals surface area contributed by atoms with Gasteiger partial charge >= 0.3 is 0 Å². The van der Waals surface area contributed by atoms with E-state index in [-0.39, 0.29) is 11.9 Å². The molecule has 0 radical (unpaired) electrons. The second-order valence-electron chi connectivity index (χ2n) is 4.97. The third-order valence-corrected chi connectivity index (χ3v) is 4.24. The monoisotopic (exact) mass is 300 g/mol. The zero-order valence-corrected chi connectivity index (χ0v) is 12.7. The fraction of sp³-hybridized carbons (Fsp3) is 0.267. The largest absolute Gasteiger partial charge is 0.346 e. The van der Waals surface area contributed by atoms with Gasteiger partial charge in [0, 0.05) is 16.0 Å². The number of nitrogens with one attached hydrogen (secondary N) is 1. The Labute approximate surface area is 126 Å². The SMILES string of the molecule is Cc1ccc(CC(=O)NC(C)c2nnc3ccccn23)s1. The topological polar surface area (TPSA) is 59.3 Å². The molecule has 0 bridgehead atoms. The van der Waals surface area contributed by atoms with Gasteiger partial charge in [-0.3, -0.25) is 9.20 Å². The van der Waals surface area contributed by atoms with Gasteiger partial charge in [-0.2, -0.15) is 0 Å². The van der Waals surface area contributed by atoms with Gasteiger partial charge in [0.05, 0.1) is 12.5 Å². The van der Waals surface area contributed by atoms with Crippen molar-refractivity contribution < 1.29 is 4.79 Å². The second-order valence-corrected chi connectivity index (χ2v) is 6.34. The number of carbonyl (C=O) groups is 1. The molecule has 3 aromatic heterocycles. The van der Waals surface area contributed by atoms with Crippen molar-refractivity contribution in [1.82, 2.24) is 19.9 Å². The van der Waals surface area contributed by atoms with Crippen molar-refractivity contribution in [3.05, 3.63) is 52.1 Å². The Morgan fingerprint density at radius 1 is 1.33 bits per heavy atom. The maximum Gasteiger partial charge on any atom is 0.225 e. The van der Waals surface area contributed by atoms with Gasteiger partial charge in [0.1, 0.15) is 0 Å². The number of carbonyl (C=O) groups excluding carboxylic acids is 1. The van der Waals surface area contributed by atoms with E-state index in [1.807, 2.05) is 54.8 Å². The average Bonchev–Trinajstić information content (AvgIpc) is 3.04. The first-order chi connectivity index (χ1) is 10.1. The summed E-state index contributed by atoms with van der Waals surface area (Å²) in [6.45, 7) is 3.96. The summed E-state index contributed by atoms with van der Waals surface area (Å²) in [6.07, 6.45) is 2.30. The summed E-state index contributed by atoms with van der Waals surface area (Å²) in [6, 6.07) is 9.56. The number of thiophene rings is 1. The normalized spacial score (nSPS) is 12.5. The first-order valence-electron chi connectivity index (χ1n) is 6.78. The van der Waals surface area contributed by atoms with Crippen LogP contribution in [0.1, 0.15) is 28.5 Å². The summed E-state index contributed by atoms with van der Waals surface area (Å²) in [5.74, 6) is 0.735. The van der Waals surface area contributed by atoms with Gasteiger partial charge in [0.15, 0.2) is 11.5 Å². The van der Waals surface area contributed by atoms with Crippen LogP contribution in [0.25, 0.3) is 5.65 Å². The lowest BCUT2D eigenvalue weighted by Gasteiger charge is -2.11. The lowest BCUT2D eigenvalue weighted by atomic mass is 10.2. The van der Waals surface area contributed by atoms with E-state index in [0.29, 0.717) is 6.42 Å². The third kappa shape index (κ3) is 2.95. The highest BCUT2D eigenvalue weighted by Crippen LogP contribution is 2.16. The van der Waals surface area contributed by atoms with Crippen molar-refractivity contribution in [2.75, 3.05) is 0 Å². The molecule has 0 saturated heterocycles. The van der Waals surface area contributed by atoms with E-state index in [1.54, 1.807) is 11.3 Å². The predicted molar refractivity (Wildman–Crippen MR) is 82.3 cm³/mol. The number of fused-ring (bicyclic) bond motifs is 1. The van der Waals surface area contributed by atoms with Crippen LogP contribution in [-0.4, -0.2) is 20.5 Å². The Morgan fingerprint density at radius 3 is 2.95 bits per heavy atom. The van der Waals surface area contributed by atoms with Gasteiger partial charge in [-0.1, -0.05) is 6.07 Å². The van der Waals surface area contributed by atoms with Crippen LogP contribution in [0.15, 0.2) is 36.5 Å². The number of nitrogens with zero attached hydrogens (tertiary/aromatic N) is 3. The van der Waals surface area contributed by atoms with Crippen LogP contribution in [0.5, 0.6) is 0 Å². The number of pyridine rings is 1. The predicted octanol–water partition coefficient (Wildman–Crippen LogP) is 2.52. The van der Waals surface area contributed by atoms with Crippen LogP contribution >= 0.6 is 11.3 Å². The summed E-state index contributed by atoms with van der Waals surface area (Å²) < 4.78 is 1.89. The molecule has 21 heavy (non-hydrogen) atoms. The number of amides is 1. The second kappa shape index (κ2) is 5.65. The first kappa shape index (κ1) is 13.8. The summed E-state index contributed by atoms with van der Waals surface area (Å²) >= 11 is 1.65. The Balaban J connectivity index is 1.71. The number of rotatable bonds is 4. The summed E-state index contributed by atoms with van der Waals surface area (Å²) in [7, 11) is 0. The zero-order chi connectivity index (χ0) is 14.8. The standard InChI is InChI=1S/C15H16N4OS/c1-10-6-7-12(21-10)9-14(20)16-11(2)15-18-17-13-5-3-4-8-19(13)15/h3-8,11H,9H2,1-2H3,(H,16,20). The molecule has 0 spiro atoms. The van der Waals surface area contributed by atoms with Gasteiger partial charge < -0.3 is 5.32 Å². The first-order valence-corrected chi connectivity index (χ1v) is 7.59. The zero-order valence-electron chi connectivity index (χ0n) is 11.9. The van der Waals surface area contributed by atoms with Gasteiger partial charge in [-0.15, -0.1) is 21.5 Å². The van der Waals surface area contributed by atoms with Gasteiger partial charge in [0.25, 0.3) is 0 Å². The molecule has 0 saturated carbocycles. The molecule has 0 aliphatic rings. The minimum Gasteiger partial charge on any atom is -0.346 e. The minimum atomic E-state index is -0.184. The Morgan fingerprint density at radius 2 is 2.19 bits per heavy atom. The highest BCUT2D eigenvalue weighted by molar-refractivity contribution is 7.12. The van der Waals surface area contributed by atoms with E-state index >= 15 is 0 Å². The van der Waals surface area contributed by atoms with Crippen LogP contribution in [0, 0.1) is 6.92 Å². The van der Waals surface area contributed by atoms with E-state index in [1.165, 1.54) is 4.88 Å². The minimum absolute atomic E-state index is 0.00275. The highest BCUT2D eigenvalue weighted by Gasteiger charge is 2.16. The molecular weight excluding hydrogens is 284 g/mol. The van der Waals surface area contributed by atoms with Crippen molar-refractivity contribution in [2.45, 2.75) is 26.3 Å². The number of hydrogen-bond acceptors (Lipinski definition) is 4. The number of aromatic nitrogens is 3. The van der Waals surface area contributed by atoms with Crippen LogP contribution in [0.3, 0.4) is 0 Å². The summed E-state index contributed by atoms with van der Waals surface area (Å²) in [5, 5.41) is 11.2. The maximum absolute atomic E-state index is 12.1. The van der Waals surface area contributed by atoms with Crippen LogP contribution in [0.4, 0.5) is 0 Å². The fourth-order valence-corrected chi connectivity index (χ4v) is 3.14. The van der Waals surface area contributed by atoms with Crippen LogP contribution in [-0.2, 0) is 11.2 Å². The average molecular weight is 300 g/mol. The molecule has 1 amide bonds. The van der Waals surface area contributed by atoms with E-state index < -0.39 is 0 Å². The summed E-state index contributed by atoms with van der Waals surface area (Å²) in [4.78, 5) is 14.4.